The molecule has 0 spiro atoms. The zero-order valence-electron chi connectivity index (χ0n) is 17.1. The van der Waals surface area contributed by atoms with Crippen LogP contribution in [0.4, 0.5) is 0 Å². The van der Waals surface area contributed by atoms with Gasteiger partial charge in [-0.1, -0.05) is 29.8 Å². The van der Waals surface area contributed by atoms with E-state index < -0.39 is 0 Å². The van der Waals surface area contributed by atoms with Crippen molar-refractivity contribution in [2.75, 3.05) is 46.5 Å². The maximum Gasteiger partial charge on any atom is 0.257 e. The molecule has 1 aliphatic rings. The highest BCUT2D eigenvalue weighted by atomic mass is 16.5. The Labute approximate surface area is 172 Å². The first-order chi connectivity index (χ1) is 14.1. The molecular weight excluding hydrogens is 368 g/mol. The van der Waals surface area contributed by atoms with Crippen LogP contribution < -0.4 is 4.74 Å². The molecule has 6 heteroatoms. The van der Waals surface area contributed by atoms with Gasteiger partial charge in [-0.25, -0.2) is 0 Å². The summed E-state index contributed by atoms with van der Waals surface area (Å²) in [6.45, 7) is 5.10. The third kappa shape index (κ3) is 5.35. The Balaban J connectivity index is 1.66. The number of carbonyl (C=O) groups is 2. The molecule has 1 aliphatic heterocycles. The van der Waals surface area contributed by atoms with E-state index >= 15 is 0 Å². The van der Waals surface area contributed by atoms with E-state index in [4.69, 9.17) is 9.47 Å². The summed E-state index contributed by atoms with van der Waals surface area (Å²) < 4.78 is 10.7. The molecule has 2 amide bonds. The quantitative estimate of drug-likeness (QED) is 0.705. The number of aryl methyl sites for hydroxylation is 1. The number of benzene rings is 2. The fraction of sp³-hybridized carbons (Fsp3) is 0.391. The van der Waals surface area contributed by atoms with Gasteiger partial charge in [0, 0.05) is 38.9 Å². The number of rotatable bonds is 6. The van der Waals surface area contributed by atoms with Gasteiger partial charge in [0.1, 0.15) is 12.4 Å². The molecular formula is C23H28N2O4. The largest absolute Gasteiger partial charge is 0.490 e. The Morgan fingerprint density at radius 2 is 1.62 bits per heavy atom. The normalized spacial score (nSPS) is 14.4. The molecule has 6 nitrogen and oxygen atoms in total. The lowest BCUT2D eigenvalue weighted by Gasteiger charge is -2.23. The Morgan fingerprint density at radius 1 is 0.897 bits per heavy atom. The van der Waals surface area contributed by atoms with Crippen LogP contribution in [-0.4, -0.2) is 68.1 Å². The Morgan fingerprint density at radius 3 is 2.34 bits per heavy atom. The lowest BCUT2D eigenvalue weighted by molar-refractivity contribution is 0.0715. The topological polar surface area (TPSA) is 59.1 Å². The minimum absolute atomic E-state index is 0.0197. The molecule has 0 atom stereocenters. The van der Waals surface area contributed by atoms with Crippen LogP contribution in [0.3, 0.4) is 0 Å². The van der Waals surface area contributed by atoms with E-state index in [1.165, 1.54) is 0 Å². The number of amides is 2. The second-order valence-electron chi connectivity index (χ2n) is 7.14. The third-order valence-corrected chi connectivity index (χ3v) is 5.00. The van der Waals surface area contributed by atoms with E-state index in [2.05, 4.69) is 0 Å². The van der Waals surface area contributed by atoms with Gasteiger partial charge in [-0.2, -0.15) is 0 Å². The van der Waals surface area contributed by atoms with Crippen LogP contribution in [0.25, 0.3) is 0 Å². The molecule has 0 aliphatic carbocycles. The number of hydrogen-bond acceptors (Lipinski definition) is 4. The molecule has 1 fully saturated rings. The second-order valence-corrected chi connectivity index (χ2v) is 7.14. The summed E-state index contributed by atoms with van der Waals surface area (Å²) in [7, 11) is 1.61. The zero-order valence-corrected chi connectivity index (χ0v) is 17.1. The highest BCUT2D eigenvalue weighted by Gasteiger charge is 2.25. The minimum Gasteiger partial charge on any atom is -0.490 e. The summed E-state index contributed by atoms with van der Waals surface area (Å²) in [5.74, 6) is 0.514. The molecule has 0 N–H and O–H groups in total. The van der Waals surface area contributed by atoms with Gasteiger partial charge in [-0.3, -0.25) is 9.59 Å². The lowest BCUT2D eigenvalue weighted by Crippen LogP contribution is -2.37. The lowest BCUT2D eigenvalue weighted by atomic mass is 10.1. The van der Waals surface area contributed by atoms with Gasteiger partial charge < -0.3 is 19.3 Å². The smallest absolute Gasteiger partial charge is 0.257 e. The van der Waals surface area contributed by atoms with Crippen molar-refractivity contribution in [1.29, 1.82) is 0 Å². The Kier molecular flexibility index (Phi) is 7.25. The Bertz CT molecular complexity index is 852. The second kappa shape index (κ2) is 10.1. The van der Waals surface area contributed by atoms with Crippen molar-refractivity contribution >= 4 is 11.8 Å². The summed E-state index contributed by atoms with van der Waals surface area (Å²) in [5, 5.41) is 0. The molecule has 0 aromatic heterocycles. The first kappa shape index (κ1) is 20.9. The van der Waals surface area contributed by atoms with Crippen molar-refractivity contribution in [2.24, 2.45) is 0 Å². The van der Waals surface area contributed by atoms with E-state index in [-0.39, 0.29) is 11.8 Å². The van der Waals surface area contributed by atoms with Gasteiger partial charge >= 0.3 is 0 Å². The van der Waals surface area contributed by atoms with Gasteiger partial charge in [-0.15, -0.1) is 0 Å². The summed E-state index contributed by atoms with van der Waals surface area (Å²) in [5.41, 5.74) is 2.30. The SMILES string of the molecule is COCCOc1ccccc1C(=O)N1CCCN(C(=O)c2cccc(C)c2)CC1. The maximum absolute atomic E-state index is 13.1. The van der Waals surface area contributed by atoms with Gasteiger partial charge in [0.15, 0.2) is 0 Å². The number of hydrogen-bond donors (Lipinski definition) is 0. The summed E-state index contributed by atoms with van der Waals surface area (Å²) in [6.07, 6.45) is 0.746. The van der Waals surface area contributed by atoms with E-state index in [0.29, 0.717) is 56.3 Å². The number of ether oxygens (including phenoxy) is 2. The standard InChI is InChI=1S/C23H28N2O4/c1-18-7-5-8-19(17-18)22(26)24-11-6-12-25(14-13-24)23(27)20-9-3-4-10-21(20)29-16-15-28-2/h3-5,7-10,17H,6,11-16H2,1-2H3. The highest BCUT2D eigenvalue weighted by Crippen LogP contribution is 2.21. The monoisotopic (exact) mass is 396 g/mol. The van der Waals surface area contributed by atoms with E-state index in [1.807, 2.05) is 53.1 Å². The van der Waals surface area contributed by atoms with Crippen molar-refractivity contribution in [1.82, 2.24) is 9.80 Å². The van der Waals surface area contributed by atoms with Crippen LogP contribution in [0.2, 0.25) is 0 Å². The van der Waals surface area contributed by atoms with Gasteiger partial charge in [0.2, 0.25) is 0 Å². The van der Waals surface area contributed by atoms with Gasteiger partial charge in [0.25, 0.3) is 11.8 Å². The molecule has 0 unspecified atom stereocenters. The molecule has 3 rings (SSSR count). The van der Waals surface area contributed by atoms with Crippen LogP contribution in [0, 0.1) is 6.92 Å². The van der Waals surface area contributed by atoms with Crippen LogP contribution in [-0.2, 0) is 4.74 Å². The Hall–Kier alpha value is -2.86. The maximum atomic E-state index is 13.1. The summed E-state index contributed by atoms with van der Waals surface area (Å²) in [4.78, 5) is 29.6. The fourth-order valence-corrected chi connectivity index (χ4v) is 3.46. The molecule has 0 saturated carbocycles. The first-order valence-electron chi connectivity index (χ1n) is 9.96. The summed E-state index contributed by atoms with van der Waals surface area (Å²) >= 11 is 0. The van der Waals surface area contributed by atoms with E-state index in [9.17, 15) is 9.59 Å². The van der Waals surface area contributed by atoms with Crippen LogP contribution in [0.15, 0.2) is 48.5 Å². The van der Waals surface area contributed by atoms with Gasteiger partial charge in [0.05, 0.1) is 12.2 Å². The molecule has 1 heterocycles. The number of carbonyl (C=O) groups excluding carboxylic acids is 2. The zero-order chi connectivity index (χ0) is 20.6. The molecule has 154 valence electrons. The van der Waals surface area contributed by atoms with E-state index in [0.717, 1.165) is 12.0 Å². The molecule has 0 radical (unpaired) electrons. The van der Waals surface area contributed by atoms with Crippen LogP contribution in [0.5, 0.6) is 5.75 Å². The van der Waals surface area contributed by atoms with Crippen molar-refractivity contribution in [3.63, 3.8) is 0 Å². The van der Waals surface area contributed by atoms with Crippen LogP contribution in [0.1, 0.15) is 32.7 Å². The number of methoxy groups -OCH3 is 1. The molecule has 29 heavy (non-hydrogen) atoms. The predicted molar refractivity (Wildman–Crippen MR) is 111 cm³/mol. The van der Waals surface area contributed by atoms with Crippen molar-refractivity contribution in [3.8, 4) is 5.75 Å². The van der Waals surface area contributed by atoms with E-state index in [1.54, 1.807) is 19.2 Å². The van der Waals surface area contributed by atoms with Crippen molar-refractivity contribution < 1.29 is 19.1 Å². The molecule has 0 bridgehead atoms. The third-order valence-electron chi connectivity index (χ3n) is 5.00. The number of para-hydroxylation sites is 1. The first-order valence-corrected chi connectivity index (χ1v) is 9.96. The molecule has 1 saturated heterocycles. The average molecular weight is 396 g/mol. The highest BCUT2D eigenvalue weighted by molar-refractivity contribution is 5.97. The fourth-order valence-electron chi connectivity index (χ4n) is 3.46. The van der Waals surface area contributed by atoms with Gasteiger partial charge in [-0.05, 0) is 37.6 Å². The van der Waals surface area contributed by atoms with Crippen molar-refractivity contribution in [2.45, 2.75) is 13.3 Å². The number of nitrogens with zero attached hydrogens (tertiary/aromatic N) is 2. The minimum atomic E-state index is -0.0668. The average Bonchev–Trinajstić information content (AvgIpc) is 2.99. The van der Waals surface area contributed by atoms with Crippen LogP contribution >= 0.6 is 0 Å². The molecule has 2 aromatic rings. The van der Waals surface area contributed by atoms with Crippen molar-refractivity contribution in [3.05, 3.63) is 65.2 Å². The predicted octanol–water partition coefficient (Wildman–Crippen LogP) is 3.01. The molecule has 2 aromatic carbocycles. The summed E-state index contributed by atoms with van der Waals surface area (Å²) in [6, 6.07) is 14.9.